The van der Waals surface area contributed by atoms with Crippen LogP contribution in [0, 0.1) is 0 Å². The van der Waals surface area contributed by atoms with Crippen molar-refractivity contribution in [1.82, 2.24) is 0 Å². The molecule has 6 heteroatoms. The van der Waals surface area contributed by atoms with Gasteiger partial charge in [0, 0.05) is 19.3 Å². The molecule has 0 aliphatic heterocycles. The zero-order valence-corrected chi connectivity index (χ0v) is 44.1. The molecule has 0 aromatic rings. The Labute approximate surface area is 419 Å². The summed E-state index contributed by atoms with van der Waals surface area (Å²) in [6.45, 7) is 6.37. The lowest BCUT2D eigenvalue weighted by molar-refractivity contribution is -0.167. The summed E-state index contributed by atoms with van der Waals surface area (Å²) in [6.07, 6.45) is 75.0. The summed E-state index contributed by atoms with van der Waals surface area (Å²) < 4.78 is 16.8. The summed E-state index contributed by atoms with van der Waals surface area (Å²) >= 11 is 0. The van der Waals surface area contributed by atoms with Crippen LogP contribution in [0.25, 0.3) is 0 Å². The Morgan fingerprint density at radius 3 is 0.897 bits per heavy atom. The van der Waals surface area contributed by atoms with E-state index in [0.717, 1.165) is 148 Å². The van der Waals surface area contributed by atoms with Gasteiger partial charge in [-0.05, 0) is 103 Å². The van der Waals surface area contributed by atoms with Gasteiger partial charge in [-0.25, -0.2) is 0 Å². The zero-order valence-electron chi connectivity index (χ0n) is 44.1. The first-order valence-electron chi connectivity index (χ1n) is 27.9. The van der Waals surface area contributed by atoms with Gasteiger partial charge in [0.15, 0.2) is 6.10 Å². The molecule has 0 aromatic carbocycles. The van der Waals surface area contributed by atoms with Crippen molar-refractivity contribution in [3.8, 4) is 0 Å². The summed E-state index contributed by atoms with van der Waals surface area (Å²) in [7, 11) is 0. The monoisotopic (exact) mass is 943 g/mol. The van der Waals surface area contributed by atoms with E-state index in [0.29, 0.717) is 19.3 Å². The van der Waals surface area contributed by atoms with Crippen molar-refractivity contribution >= 4 is 17.9 Å². The molecule has 0 N–H and O–H groups in total. The van der Waals surface area contributed by atoms with Gasteiger partial charge in [-0.1, -0.05) is 233 Å². The number of ether oxygens (including phenoxy) is 3. The fourth-order valence-electron chi connectivity index (χ4n) is 7.40. The standard InChI is InChI=1S/C62H102O6/c1-4-7-10-13-16-19-22-24-26-28-30-31-33-34-36-38-40-43-46-49-52-55-61(64)67-58-59(57-66-60(63)54-51-48-45-42-21-18-15-12-9-6-3)68-62(65)56-53-50-47-44-41-39-37-35-32-29-27-25-23-20-17-14-11-8-5-2/h7-8,10-11,16-17,19-20,24-27,30-32,34-36,59H,4-6,9,12-15,18,21-23,28-29,33,37-58H2,1-3H3/b10-7-,11-8-,19-16-,20-17-,26-24-,27-25-,31-30-,35-32-,36-34-. The number of hydrogen-bond acceptors (Lipinski definition) is 6. The first kappa shape index (κ1) is 64.1. The summed E-state index contributed by atoms with van der Waals surface area (Å²) in [5.74, 6) is -0.926. The van der Waals surface area contributed by atoms with Crippen molar-refractivity contribution in [2.24, 2.45) is 0 Å². The van der Waals surface area contributed by atoms with Crippen molar-refractivity contribution in [3.63, 3.8) is 0 Å². The second kappa shape index (κ2) is 55.7. The van der Waals surface area contributed by atoms with E-state index in [9.17, 15) is 14.4 Å². The Morgan fingerprint density at radius 1 is 0.309 bits per heavy atom. The summed E-state index contributed by atoms with van der Waals surface area (Å²) in [5.41, 5.74) is 0. The topological polar surface area (TPSA) is 78.9 Å². The second-order valence-electron chi connectivity index (χ2n) is 18.1. The molecule has 0 aliphatic rings. The maximum absolute atomic E-state index is 12.8. The van der Waals surface area contributed by atoms with Crippen LogP contribution in [0.5, 0.6) is 0 Å². The molecule has 0 amide bonds. The van der Waals surface area contributed by atoms with Crippen molar-refractivity contribution in [2.45, 2.75) is 252 Å². The number of hydrogen-bond donors (Lipinski definition) is 0. The first-order valence-corrected chi connectivity index (χ1v) is 27.9. The number of unbranched alkanes of at least 4 members (excludes halogenated alkanes) is 20. The Morgan fingerprint density at radius 2 is 0.574 bits per heavy atom. The molecule has 0 aliphatic carbocycles. The third-order valence-electron chi connectivity index (χ3n) is 11.5. The largest absolute Gasteiger partial charge is 0.462 e. The Hall–Kier alpha value is -3.93. The maximum atomic E-state index is 12.8. The van der Waals surface area contributed by atoms with Crippen LogP contribution in [0.1, 0.15) is 245 Å². The Kier molecular flexibility index (Phi) is 52.4. The third kappa shape index (κ3) is 53.0. The second-order valence-corrected chi connectivity index (χ2v) is 18.1. The average Bonchev–Trinajstić information content (AvgIpc) is 3.34. The lowest BCUT2D eigenvalue weighted by Gasteiger charge is -2.18. The maximum Gasteiger partial charge on any atom is 0.306 e. The Bertz CT molecular complexity index is 1410. The lowest BCUT2D eigenvalue weighted by Crippen LogP contribution is -2.30. The molecule has 0 radical (unpaired) electrons. The summed E-state index contributed by atoms with van der Waals surface area (Å²) in [4.78, 5) is 38.1. The third-order valence-corrected chi connectivity index (χ3v) is 11.5. The van der Waals surface area contributed by atoms with Crippen LogP contribution in [-0.4, -0.2) is 37.2 Å². The van der Waals surface area contributed by atoms with Gasteiger partial charge in [0.1, 0.15) is 13.2 Å². The molecule has 0 fully saturated rings. The summed E-state index contributed by atoms with van der Waals surface area (Å²) in [5, 5.41) is 0. The van der Waals surface area contributed by atoms with Crippen LogP contribution < -0.4 is 0 Å². The molecule has 0 aromatic heterocycles. The van der Waals surface area contributed by atoms with Crippen molar-refractivity contribution in [2.75, 3.05) is 13.2 Å². The van der Waals surface area contributed by atoms with Gasteiger partial charge in [0.2, 0.25) is 0 Å². The predicted octanol–water partition coefficient (Wildman–Crippen LogP) is 18.7. The van der Waals surface area contributed by atoms with E-state index >= 15 is 0 Å². The van der Waals surface area contributed by atoms with Crippen LogP contribution in [0.15, 0.2) is 109 Å². The van der Waals surface area contributed by atoms with Crippen LogP contribution in [0.4, 0.5) is 0 Å². The highest BCUT2D eigenvalue weighted by molar-refractivity contribution is 5.71. The SMILES string of the molecule is CC/C=C\C/C=C\C/C=C\C/C=C\C/C=C\CCCCCCCC(=O)OCC(COC(=O)CCCCCCCCCCCC)OC(=O)CCCCCCCC/C=C\C/C=C\C/C=C\C/C=C\CC. The molecule has 68 heavy (non-hydrogen) atoms. The van der Waals surface area contributed by atoms with Crippen LogP contribution in [0.3, 0.4) is 0 Å². The zero-order chi connectivity index (χ0) is 49.3. The lowest BCUT2D eigenvalue weighted by atomic mass is 10.1. The number of carbonyl (C=O) groups excluding carboxylic acids is 3. The fourth-order valence-corrected chi connectivity index (χ4v) is 7.40. The quantitative estimate of drug-likeness (QED) is 0.0262. The number of carbonyl (C=O) groups is 3. The summed E-state index contributed by atoms with van der Waals surface area (Å²) in [6, 6.07) is 0. The molecule has 0 spiro atoms. The van der Waals surface area contributed by atoms with E-state index in [2.05, 4.69) is 130 Å². The van der Waals surface area contributed by atoms with Gasteiger partial charge >= 0.3 is 17.9 Å². The van der Waals surface area contributed by atoms with E-state index in [4.69, 9.17) is 14.2 Å². The van der Waals surface area contributed by atoms with Gasteiger partial charge in [0.25, 0.3) is 0 Å². The average molecular weight is 943 g/mol. The van der Waals surface area contributed by atoms with Gasteiger partial charge in [-0.3, -0.25) is 14.4 Å². The molecule has 6 nitrogen and oxygen atoms in total. The molecule has 1 unspecified atom stereocenters. The van der Waals surface area contributed by atoms with E-state index < -0.39 is 6.10 Å². The van der Waals surface area contributed by atoms with E-state index in [-0.39, 0.29) is 31.1 Å². The van der Waals surface area contributed by atoms with Gasteiger partial charge in [-0.15, -0.1) is 0 Å². The molecular weight excluding hydrogens is 841 g/mol. The van der Waals surface area contributed by atoms with Crippen LogP contribution >= 0.6 is 0 Å². The van der Waals surface area contributed by atoms with E-state index in [1.807, 2.05) is 0 Å². The van der Waals surface area contributed by atoms with E-state index in [1.165, 1.54) is 57.8 Å². The fraction of sp³-hybridized carbons (Fsp3) is 0.661. The molecule has 0 bridgehead atoms. The minimum atomic E-state index is -0.794. The molecule has 1 atom stereocenters. The Balaban J connectivity index is 4.40. The smallest absolute Gasteiger partial charge is 0.306 e. The molecule has 0 saturated heterocycles. The van der Waals surface area contributed by atoms with E-state index in [1.54, 1.807) is 0 Å². The van der Waals surface area contributed by atoms with Gasteiger partial charge < -0.3 is 14.2 Å². The van der Waals surface area contributed by atoms with Crippen LogP contribution in [0.2, 0.25) is 0 Å². The van der Waals surface area contributed by atoms with Gasteiger partial charge in [0.05, 0.1) is 0 Å². The molecule has 0 rings (SSSR count). The van der Waals surface area contributed by atoms with Crippen molar-refractivity contribution in [1.29, 1.82) is 0 Å². The number of rotatable bonds is 49. The number of allylic oxidation sites excluding steroid dienone is 18. The molecular formula is C62H102O6. The van der Waals surface area contributed by atoms with Crippen molar-refractivity contribution < 1.29 is 28.6 Å². The molecule has 0 saturated carbocycles. The highest BCUT2D eigenvalue weighted by Gasteiger charge is 2.19. The molecule has 0 heterocycles. The normalized spacial score (nSPS) is 12.9. The highest BCUT2D eigenvalue weighted by atomic mass is 16.6. The van der Waals surface area contributed by atoms with Crippen molar-refractivity contribution in [3.05, 3.63) is 109 Å². The predicted molar refractivity (Wildman–Crippen MR) is 293 cm³/mol. The number of esters is 3. The molecule has 386 valence electrons. The van der Waals surface area contributed by atoms with Crippen LogP contribution in [-0.2, 0) is 28.6 Å². The minimum absolute atomic E-state index is 0.0905. The van der Waals surface area contributed by atoms with Gasteiger partial charge in [-0.2, -0.15) is 0 Å². The highest BCUT2D eigenvalue weighted by Crippen LogP contribution is 2.14. The first-order chi connectivity index (χ1) is 33.5. The minimum Gasteiger partial charge on any atom is -0.462 e.